The number of phenols is 1. The molecule has 1 aliphatic carbocycles. The van der Waals surface area contributed by atoms with Crippen molar-refractivity contribution in [3.8, 4) is 5.75 Å². The molecule has 0 spiro atoms. The Labute approximate surface area is 97.0 Å². The molecule has 1 aromatic rings. The largest absolute Gasteiger partial charge is 0.508 e. The van der Waals surface area contributed by atoms with Crippen molar-refractivity contribution >= 4 is 0 Å². The molecule has 16 heavy (non-hydrogen) atoms. The maximum atomic E-state index is 9.76. The van der Waals surface area contributed by atoms with Gasteiger partial charge in [0.05, 0.1) is 0 Å². The third-order valence-corrected chi connectivity index (χ3v) is 3.16. The summed E-state index contributed by atoms with van der Waals surface area (Å²) in [7, 11) is 0. The first-order valence-electron chi connectivity index (χ1n) is 5.96. The van der Waals surface area contributed by atoms with Crippen LogP contribution in [0.15, 0.2) is 36.4 Å². The number of hydrogen-bond acceptors (Lipinski definition) is 2. The molecule has 2 N–H and O–H groups in total. The molecule has 0 aromatic heterocycles. The van der Waals surface area contributed by atoms with E-state index in [1.807, 2.05) is 18.2 Å². The maximum Gasteiger partial charge on any atom is 0.120 e. The van der Waals surface area contributed by atoms with Gasteiger partial charge in [-0.3, -0.25) is 0 Å². The summed E-state index contributed by atoms with van der Waals surface area (Å²) >= 11 is 0. The molecule has 2 nitrogen and oxygen atoms in total. The molecular formula is C14H19NO. The van der Waals surface area contributed by atoms with Gasteiger partial charge >= 0.3 is 0 Å². The van der Waals surface area contributed by atoms with E-state index in [0.29, 0.717) is 11.8 Å². The van der Waals surface area contributed by atoms with Crippen molar-refractivity contribution in [3.63, 3.8) is 0 Å². The molecular weight excluding hydrogens is 198 g/mol. The van der Waals surface area contributed by atoms with Crippen LogP contribution in [0.4, 0.5) is 0 Å². The van der Waals surface area contributed by atoms with Crippen molar-refractivity contribution in [1.29, 1.82) is 0 Å². The van der Waals surface area contributed by atoms with Crippen LogP contribution < -0.4 is 5.32 Å². The second-order valence-electron chi connectivity index (χ2n) is 4.43. The lowest BCUT2D eigenvalue weighted by atomic mass is 9.99. The Morgan fingerprint density at radius 1 is 1.31 bits per heavy atom. The van der Waals surface area contributed by atoms with Crippen molar-refractivity contribution in [1.82, 2.24) is 5.32 Å². The quantitative estimate of drug-likeness (QED) is 0.762. The molecule has 0 aliphatic heterocycles. The molecule has 1 aliphatic rings. The zero-order valence-corrected chi connectivity index (χ0v) is 9.69. The van der Waals surface area contributed by atoms with E-state index in [2.05, 4.69) is 24.4 Å². The maximum absolute atomic E-state index is 9.76. The van der Waals surface area contributed by atoms with Gasteiger partial charge in [-0.2, -0.15) is 0 Å². The molecule has 0 fully saturated rings. The van der Waals surface area contributed by atoms with E-state index in [-0.39, 0.29) is 6.04 Å². The highest BCUT2D eigenvalue weighted by Gasteiger charge is 2.15. The summed E-state index contributed by atoms with van der Waals surface area (Å²) in [6.45, 7) is 2.10. The smallest absolute Gasteiger partial charge is 0.120 e. The number of benzene rings is 1. The molecule has 0 heterocycles. The second-order valence-corrected chi connectivity index (χ2v) is 4.43. The molecule has 0 saturated carbocycles. The van der Waals surface area contributed by atoms with Gasteiger partial charge in [-0.1, -0.05) is 30.4 Å². The minimum absolute atomic E-state index is 0.206. The Morgan fingerprint density at radius 2 is 2.12 bits per heavy atom. The van der Waals surface area contributed by atoms with Gasteiger partial charge in [-0.05, 0) is 32.3 Å². The van der Waals surface area contributed by atoms with Crippen molar-refractivity contribution < 1.29 is 5.11 Å². The van der Waals surface area contributed by atoms with E-state index in [1.165, 1.54) is 6.42 Å². The standard InChI is InChI=1S/C14H19NO/c1-11(13-9-5-6-10-14(13)16)15-12-7-3-2-4-8-12/h2-3,5-6,9-12,15-16H,4,7-8H2,1H3. The van der Waals surface area contributed by atoms with Crippen LogP contribution >= 0.6 is 0 Å². The molecule has 2 heteroatoms. The first-order chi connectivity index (χ1) is 7.77. The molecule has 0 radical (unpaired) electrons. The van der Waals surface area contributed by atoms with Crippen molar-refractivity contribution in [2.75, 3.05) is 0 Å². The number of phenolic OH excluding ortho intramolecular Hbond substituents is 1. The monoisotopic (exact) mass is 217 g/mol. The lowest BCUT2D eigenvalue weighted by molar-refractivity contribution is 0.407. The number of allylic oxidation sites excluding steroid dienone is 1. The zero-order chi connectivity index (χ0) is 11.4. The first-order valence-corrected chi connectivity index (χ1v) is 5.96. The van der Waals surface area contributed by atoms with Gasteiger partial charge in [-0.15, -0.1) is 0 Å². The highest BCUT2D eigenvalue weighted by Crippen LogP contribution is 2.24. The average molecular weight is 217 g/mol. The van der Waals surface area contributed by atoms with Crippen LogP contribution in [-0.2, 0) is 0 Å². The van der Waals surface area contributed by atoms with Gasteiger partial charge in [-0.25, -0.2) is 0 Å². The number of rotatable bonds is 3. The summed E-state index contributed by atoms with van der Waals surface area (Å²) in [5.41, 5.74) is 0.983. The summed E-state index contributed by atoms with van der Waals surface area (Å²) in [5, 5.41) is 13.3. The topological polar surface area (TPSA) is 32.3 Å². The Hall–Kier alpha value is -1.28. The fourth-order valence-electron chi connectivity index (χ4n) is 2.24. The zero-order valence-electron chi connectivity index (χ0n) is 9.69. The molecule has 0 saturated heterocycles. The van der Waals surface area contributed by atoms with Crippen LogP contribution in [-0.4, -0.2) is 11.1 Å². The fourth-order valence-corrected chi connectivity index (χ4v) is 2.24. The SMILES string of the molecule is CC(NC1CC=CCC1)c1ccccc1O. The Kier molecular flexibility index (Phi) is 3.62. The van der Waals surface area contributed by atoms with Crippen LogP contribution in [0.2, 0.25) is 0 Å². The third kappa shape index (κ3) is 2.64. The lowest BCUT2D eigenvalue weighted by Crippen LogP contribution is -2.32. The van der Waals surface area contributed by atoms with Crippen molar-refractivity contribution in [2.24, 2.45) is 0 Å². The van der Waals surface area contributed by atoms with Gasteiger partial charge in [0.25, 0.3) is 0 Å². The van der Waals surface area contributed by atoms with Gasteiger partial charge in [0.15, 0.2) is 0 Å². The molecule has 2 rings (SSSR count). The van der Waals surface area contributed by atoms with Crippen LogP contribution in [0.5, 0.6) is 5.75 Å². The van der Waals surface area contributed by atoms with Gasteiger partial charge < -0.3 is 10.4 Å². The van der Waals surface area contributed by atoms with E-state index >= 15 is 0 Å². The number of aromatic hydroxyl groups is 1. The van der Waals surface area contributed by atoms with Gasteiger partial charge in [0, 0.05) is 17.6 Å². The summed E-state index contributed by atoms with van der Waals surface area (Å²) in [5.74, 6) is 0.383. The molecule has 1 aromatic carbocycles. The van der Waals surface area contributed by atoms with Crippen LogP contribution in [0.1, 0.15) is 37.8 Å². The predicted octanol–water partition coefficient (Wildman–Crippen LogP) is 3.15. The number of nitrogens with one attached hydrogen (secondary N) is 1. The molecule has 2 atom stereocenters. The Morgan fingerprint density at radius 3 is 2.81 bits per heavy atom. The molecule has 0 bridgehead atoms. The van der Waals surface area contributed by atoms with E-state index in [9.17, 15) is 5.11 Å². The summed E-state index contributed by atoms with van der Waals surface area (Å²) < 4.78 is 0. The van der Waals surface area contributed by atoms with Gasteiger partial charge in [0.2, 0.25) is 0 Å². The normalized spacial score (nSPS) is 21.9. The van der Waals surface area contributed by atoms with E-state index in [1.54, 1.807) is 6.07 Å². The third-order valence-electron chi connectivity index (χ3n) is 3.16. The van der Waals surface area contributed by atoms with E-state index in [0.717, 1.165) is 18.4 Å². The van der Waals surface area contributed by atoms with Crippen molar-refractivity contribution in [2.45, 2.75) is 38.3 Å². The average Bonchev–Trinajstić information content (AvgIpc) is 2.31. The van der Waals surface area contributed by atoms with Crippen molar-refractivity contribution in [3.05, 3.63) is 42.0 Å². The molecule has 0 amide bonds. The Bertz CT molecular complexity index is 373. The van der Waals surface area contributed by atoms with Crippen LogP contribution in [0, 0.1) is 0 Å². The summed E-state index contributed by atoms with van der Waals surface area (Å²) in [6.07, 6.45) is 7.92. The second kappa shape index (κ2) is 5.17. The minimum atomic E-state index is 0.206. The highest BCUT2D eigenvalue weighted by molar-refractivity contribution is 5.34. The fraction of sp³-hybridized carbons (Fsp3) is 0.429. The summed E-state index contributed by atoms with van der Waals surface area (Å²) in [4.78, 5) is 0. The van der Waals surface area contributed by atoms with Crippen LogP contribution in [0.25, 0.3) is 0 Å². The van der Waals surface area contributed by atoms with Crippen LogP contribution in [0.3, 0.4) is 0 Å². The molecule has 86 valence electrons. The number of para-hydroxylation sites is 1. The van der Waals surface area contributed by atoms with Gasteiger partial charge in [0.1, 0.15) is 5.75 Å². The Balaban J connectivity index is 2.00. The minimum Gasteiger partial charge on any atom is -0.508 e. The van der Waals surface area contributed by atoms with E-state index < -0.39 is 0 Å². The lowest BCUT2D eigenvalue weighted by Gasteiger charge is -2.24. The summed E-state index contributed by atoms with van der Waals surface area (Å²) in [6, 6.07) is 8.29. The first kappa shape index (κ1) is 11.2. The number of hydrogen-bond donors (Lipinski definition) is 2. The predicted molar refractivity (Wildman–Crippen MR) is 66.4 cm³/mol. The van der Waals surface area contributed by atoms with E-state index in [4.69, 9.17) is 0 Å². The molecule has 2 unspecified atom stereocenters. The highest BCUT2D eigenvalue weighted by atomic mass is 16.3.